The topological polar surface area (TPSA) is 92.7 Å². The first kappa shape index (κ1) is 21.3. The van der Waals surface area contributed by atoms with Crippen LogP contribution in [0.25, 0.3) is 11.1 Å². The molecule has 3 aliphatic rings. The number of methoxy groups -OCH3 is 1. The Hall–Kier alpha value is -2.93. The molecule has 162 valence electrons. The van der Waals surface area contributed by atoms with Gasteiger partial charge in [0, 0.05) is 10.4 Å². The van der Waals surface area contributed by atoms with Crippen LogP contribution in [-0.2, 0) is 14.3 Å². The zero-order valence-corrected chi connectivity index (χ0v) is 18.5. The van der Waals surface area contributed by atoms with Crippen molar-refractivity contribution in [3.63, 3.8) is 0 Å². The predicted octanol–water partition coefficient (Wildman–Crippen LogP) is 4.67. The average Bonchev–Trinajstić information content (AvgIpc) is 3.09. The standard InChI is InChI=1S/C24H25NO5S/c1-12-4-6-14(7-5-12)17-13(2)31-22(20(17)24(29)30-3)25-21(26)18-15-8-10-16(11-9-15)19(18)23(27)28/h4-8,10,15-16,18-19H,9,11H2,1-3H3,(H,25,26)(H,27,28)/t15-,16-,18-,19+/m0/s1. The third-order valence-corrected chi connectivity index (χ3v) is 7.41. The third-order valence-electron chi connectivity index (χ3n) is 6.39. The number of ether oxygens (including phenoxy) is 1. The van der Waals surface area contributed by atoms with E-state index in [0.29, 0.717) is 10.6 Å². The highest BCUT2D eigenvalue weighted by Crippen LogP contribution is 2.46. The van der Waals surface area contributed by atoms with Crippen molar-refractivity contribution in [2.45, 2.75) is 26.7 Å². The van der Waals surface area contributed by atoms with Crippen LogP contribution in [0.1, 0.15) is 33.6 Å². The van der Waals surface area contributed by atoms with Crippen LogP contribution in [0.2, 0.25) is 0 Å². The van der Waals surface area contributed by atoms with Gasteiger partial charge in [-0.25, -0.2) is 4.79 Å². The van der Waals surface area contributed by atoms with E-state index in [-0.39, 0.29) is 17.7 Å². The number of carboxylic acid groups (broad SMARTS) is 1. The Morgan fingerprint density at radius 2 is 1.65 bits per heavy atom. The minimum Gasteiger partial charge on any atom is -0.481 e. The number of hydrogen-bond acceptors (Lipinski definition) is 5. The smallest absolute Gasteiger partial charge is 0.341 e. The van der Waals surface area contributed by atoms with E-state index in [1.165, 1.54) is 18.4 Å². The Bertz CT molecular complexity index is 1070. The number of carbonyl (C=O) groups excluding carboxylic acids is 2. The number of aryl methyl sites for hydroxylation is 2. The van der Waals surface area contributed by atoms with Gasteiger partial charge in [0.15, 0.2) is 0 Å². The molecular formula is C24H25NO5S. The van der Waals surface area contributed by atoms with Gasteiger partial charge in [-0.1, -0.05) is 42.0 Å². The van der Waals surface area contributed by atoms with Crippen LogP contribution in [0.4, 0.5) is 5.00 Å². The summed E-state index contributed by atoms with van der Waals surface area (Å²) in [6.07, 6.45) is 5.48. The number of benzene rings is 1. The van der Waals surface area contributed by atoms with Crippen LogP contribution < -0.4 is 5.32 Å². The van der Waals surface area contributed by atoms with Crippen LogP contribution in [0.5, 0.6) is 0 Å². The molecule has 31 heavy (non-hydrogen) atoms. The fourth-order valence-electron chi connectivity index (χ4n) is 4.88. The van der Waals surface area contributed by atoms with Gasteiger partial charge in [0.2, 0.25) is 5.91 Å². The van der Waals surface area contributed by atoms with E-state index in [2.05, 4.69) is 5.32 Å². The Morgan fingerprint density at radius 3 is 2.19 bits per heavy atom. The van der Waals surface area contributed by atoms with Crippen LogP contribution in [0.15, 0.2) is 36.4 Å². The second kappa shape index (κ2) is 8.30. The third kappa shape index (κ3) is 3.78. The van der Waals surface area contributed by atoms with E-state index < -0.39 is 23.8 Å². The summed E-state index contributed by atoms with van der Waals surface area (Å²) in [5, 5.41) is 13.1. The molecule has 2 N–H and O–H groups in total. The first-order valence-electron chi connectivity index (χ1n) is 10.3. The van der Waals surface area contributed by atoms with E-state index in [1.54, 1.807) is 0 Å². The van der Waals surface area contributed by atoms with Gasteiger partial charge in [0.25, 0.3) is 0 Å². The van der Waals surface area contributed by atoms with Crippen molar-refractivity contribution in [2.24, 2.45) is 23.7 Å². The largest absolute Gasteiger partial charge is 0.481 e. The van der Waals surface area contributed by atoms with Gasteiger partial charge in [-0.05, 0) is 44.1 Å². The van der Waals surface area contributed by atoms with E-state index in [0.717, 1.165) is 34.4 Å². The van der Waals surface area contributed by atoms with E-state index in [4.69, 9.17) is 4.74 Å². The molecule has 5 rings (SSSR count). The van der Waals surface area contributed by atoms with Gasteiger partial charge < -0.3 is 15.2 Å². The summed E-state index contributed by atoms with van der Waals surface area (Å²) in [5.74, 6) is -3.48. The molecule has 0 aliphatic heterocycles. The van der Waals surface area contributed by atoms with Crippen molar-refractivity contribution in [1.29, 1.82) is 0 Å². The maximum Gasteiger partial charge on any atom is 0.341 e. The molecule has 4 atom stereocenters. The van der Waals surface area contributed by atoms with Gasteiger partial charge in [-0.3, -0.25) is 9.59 Å². The number of aliphatic carboxylic acids is 1. The summed E-state index contributed by atoms with van der Waals surface area (Å²) < 4.78 is 5.02. The summed E-state index contributed by atoms with van der Waals surface area (Å²) in [5.41, 5.74) is 3.01. The molecule has 1 heterocycles. The number of amides is 1. The van der Waals surface area contributed by atoms with Crippen molar-refractivity contribution >= 4 is 34.2 Å². The lowest BCUT2D eigenvalue weighted by molar-refractivity contribution is -0.151. The number of rotatable bonds is 5. The number of allylic oxidation sites excluding steroid dienone is 2. The Balaban J connectivity index is 1.71. The van der Waals surface area contributed by atoms with Gasteiger partial charge in [0.1, 0.15) is 10.6 Å². The quantitative estimate of drug-likeness (QED) is 0.522. The molecule has 0 saturated heterocycles. The predicted molar refractivity (Wildman–Crippen MR) is 119 cm³/mol. The molecule has 1 fully saturated rings. The fraction of sp³-hybridized carbons (Fsp3) is 0.375. The number of esters is 1. The minimum absolute atomic E-state index is 0.106. The van der Waals surface area contributed by atoms with Crippen LogP contribution in [0, 0.1) is 37.5 Å². The second-order valence-corrected chi connectivity index (χ2v) is 9.49. The zero-order valence-electron chi connectivity index (χ0n) is 17.7. The van der Waals surface area contributed by atoms with Crippen molar-refractivity contribution in [2.75, 3.05) is 12.4 Å². The number of fused-ring (bicyclic) bond motifs is 2. The number of carboxylic acids is 1. The molecule has 6 nitrogen and oxygen atoms in total. The SMILES string of the molecule is COC(=O)c1c(NC(=O)[C@@H]2[C@H](C(=O)O)[C@H]3C=C[C@H]2CC3)sc(C)c1-c1ccc(C)cc1. The maximum atomic E-state index is 13.3. The molecule has 0 unspecified atom stereocenters. The zero-order chi connectivity index (χ0) is 22.3. The van der Waals surface area contributed by atoms with Gasteiger partial charge >= 0.3 is 11.9 Å². The molecule has 1 aromatic heterocycles. The summed E-state index contributed by atoms with van der Waals surface area (Å²) in [4.78, 5) is 38.8. The molecular weight excluding hydrogens is 414 g/mol. The molecule has 1 amide bonds. The van der Waals surface area contributed by atoms with Crippen LogP contribution in [-0.4, -0.2) is 30.1 Å². The average molecular weight is 440 g/mol. The number of hydrogen-bond donors (Lipinski definition) is 2. The summed E-state index contributed by atoms with van der Waals surface area (Å²) in [7, 11) is 1.31. The van der Waals surface area contributed by atoms with Crippen LogP contribution in [0.3, 0.4) is 0 Å². The maximum absolute atomic E-state index is 13.3. The number of thiophene rings is 1. The Morgan fingerprint density at radius 1 is 1.03 bits per heavy atom. The highest BCUT2D eigenvalue weighted by atomic mass is 32.1. The van der Waals surface area contributed by atoms with Crippen LogP contribution >= 0.6 is 11.3 Å². The number of nitrogens with one attached hydrogen (secondary N) is 1. The molecule has 3 aliphatic carbocycles. The Labute approximate surface area is 184 Å². The minimum atomic E-state index is -0.949. The summed E-state index contributed by atoms with van der Waals surface area (Å²) in [6.45, 7) is 3.88. The van der Waals surface area contributed by atoms with E-state index in [1.807, 2.05) is 50.3 Å². The molecule has 1 aromatic carbocycles. The number of anilines is 1. The fourth-order valence-corrected chi connectivity index (χ4v) is 5.95. The Kier molecular flexibility index (Phi) is 5.71. The lowest BCUT2D eigenvalue weighted by Gasteiger charge is -2.41. The van der Waals surface area contributed by atoms with Gasteiger partial charge in [-0.2, -0.15) is 0 Å². The molecule has 2 aromatic rings. The summed E-state index contributed by atoms with van der Waals surface area (Å²) >= 11 is 1.31. The van der Waals surface area contributed by atoms with E-state index >= 15 is 0 Å². The van der Waals surface area contributed by atoms with Crippen molar-refractivity contribution in [1.82, 2.24) is 0 Å². The molecule has 0 radical (unpaired) electrons. The lowest BCUT2D eigenvalue weighted by atomic mass is 9.62. The van der Waals surface area contributed by atoms with Crippen molar-refractivity contribution in [3.05, 3.63) is 52.4 Å². The lowest BCUT2D eigenvalue weighted by Crippen LogP contribution is -2.47. The highest BCUT2D eigenvalue weighted by Gasteiger charge is 2.48. The molecule has 2 bridgehead atoms. The molecule has 7 heteroatoms. The number of carbonyl (C=O) groups is 3. The van der Waals surface area contributed by atoms with Gasteiger partial charge in [0.05, 0.1) is 18.9 Å². The monoisotopic (exact) mass is 439 g/mol. The first-order valence-corrected chi connectivity index (χ1v) is 11.1. The van der Waals surface area contributed by atoms with Gasteiger partial charge in [-0.15, -0.1) is 11.3 Å². The highest BCUT2D eigenvalue weighted by molar-refractivity contribution is 7.17. The summed E-state index contributed by atoms with van der Waals surface area (Å²) in [6, 6.07) is 7.81. The molecule has 1 saturated carbocycles. The normalized spacial score (nSPS) is 24.1. The van der Waals surface area contributed by atoms with E-state index in [9.17, 15) is 19.5 Å². The first-order chi connectivity index (χ1) is 14.8. The molecule has 0 spiro atoms. The second-order valence-electron chi connectivity index (χ2n) is 8.26. The van der Waals surface area contributed by atoms with Crippen molar-refractivity contribution < 1.29 is 24.2 Å². The van der Waals surface area contributed by atoms with Crippen molar-refractivity contribution in [3.8, 4) is 11.1 Å².